The zero-order valence-electron chi connectivity index (χ0n) is 8.87. The molecule has 0 fully saturated rings. The zero-order valence-corrected chi connectivity index (χ0v) is 9.63. The van der Waals surface area contributed by atoms with E-state index >= 15 is 0 Å². The van der Waals surface area contributed by atoms with Gasteiger partial charge in [0.15, 0.2) is 0 Å². The Bertz CT molecular complexity index is 409. The lowest BCUT2D eigenvalue weighted by Gasteiger charge is -2.03. The van der Waals surface area contributed by atoms with Crippen LogP contribution >= 0.6 is 11.6 Å². The van der Waals surface area contributed by atoms with Crippen molar-refractivity contribution >= 4 is 28.4 Å². The van der Waals surface area contributed by atoms with E-state index in [4.69, 9.17) is 11.6 Å². The Kier molecular flexibility index (Phi) is 3.86. The van der Waals surface area contributed by atoms with Gasteiger partial charge in [-0.25, -0.2) is 9.79 Å². The predicted octanol–water partition coefficient (Wildman–Crippen LogP) is 3.07. The Morgan fingerprint density at radius 2 is 2.13 bits per heavy atom. The first kappa shape index (κ1) is 11.7. The molecule has 4 heteroatoms. The molecular weight excluding hydrogens is 214 g/mol. The quantitative estimate of drug-likeness (QED) is 0.573. The number of hydrogen-bond donors (Lipinski definition) is 0. The summed E-state index contributed by atoms with van der Waals surface area (Å²) in [6.07, 6.45) is 0. The van der Waals surface area contributed by atoms with Gasteiger partial charge >= 0.3 is 5.97 Å². The maximum absolute atomic E-state index is 11.3. The van der Waals surface area contributed by atoms with Crippen molar-refractivity contribution in [2.24, 2.45) is 4.99 Å². The zero-order chi connectivity index (χ0) is 11.4. The van der Waals surface area contributed by atoms with Crippen molar-refractivity contribution in [2.75, 3.05) is 7.11 Å². The van der Waals surface area contributed by atoms with Crippen LogP contribution < -0.4 is 0 Å². The van der Waals surface area contributed by atoms with Gasteiger partial charge in [-0.1, -0.05) is 17.7 Å². The number of esters is 1. The maximum Gasteiger partial charge on any atom is 0.337 e. The number of halogens is 1. The van der Waals surface area contributed by atoms with Crippen molar-refractivity contribution in [1.82, 2.24) is 0 Å². The SMILES string of the molecule is COC(=O)c1ccc(C)c(N=C(C)Cl)c1. The van der Waals surface area contributed by atoms with Gasteiger partial charge in [-0.15, -0.1) is 0 Å². The number of nitrogens with zero attached hydrogens (tertiary/aromatic N) is 1. The lowest BCUT2D eigenvalue weighted by molar-refractivity contribution is 0.0601. The monoisotopic (exact) mass is 225 g/mol. The second-order valence-electron chi connectivity index (χ2n) is 3.10. The van der Waals surface area contributed by atoms with Crippen molar-refractivity contribution in [3.8, 4) is 0 Å². The molecule has 3 nitrogen and oxygen atoms in total. The molecule has 0 N–H and O–H groups in total. The summed E-state index contributed by atoms with van der Waals surface area (Å²) in [7, 11) is 1.35. The molecule has 0 saturated heterocycles. The van der Waals surface area contributed by atoms with Crippen molar-refractivity contribution in [2.45, 2.75) is 13.8 Å². The smallest absolute Gasteiger partial charge is 0.337 e. The van der Waals surface area contributed by atoms with Gasteiger partial charge in [0.2, 0.25) is 0 Å². The van der Waals surface area contributed by atoms with Crippen molar-refractivity contribution in [3.63, 3.8) is 0 Å². The van der Waals surface area contributed by atoms with Crippen LogP contribution in [0.4, 0.5) is 5.69 Å². The molecule has 0 aromatic heterocycles. The van der Waals surface area contributed by atoms with E-state index in [0.29, 0.717) is 16.4 Å². The summed E-state index contributed by atoms with van der Waals surface area (Å²) >= 11 is 5.68. The second kappa shape index (κ2) is 4.94. The number of carbonyl (C=O) groups excluding carboxylic acids is 1. The van der Waals surface area contributed by atoms with Gasteiger partial charge in [-0.05, 0) is 31.5 Å². The third-order valence-corrected chi connectivity index (χ3v) is 1.99. The highest BCUT2D eigenvalue weighted by Crippen LogP contribution is 2.21. The fourth-order valence-electron chi connectivity index (χ4n) is 1.14. The standard InChI is InChI=1S/C11H12ClNO2/c1-7-4-5-9(11(14)15-3)6-10(7)13-8(2)12/h4-6H,1-3H3. The minimum atomic E-state index is -0.376. The lowest BCUT2D eigenvalue weighted by atomic mass is 10.1. The topological polar surface area (TPSA) is 38.7 Å². The molecule has 1 rings (SSSR count). The highest BCUT2D eigenvalue weighted by atomic mass is 35.5. The molecule has 80 valence electrons. The van der Waals surface area contributed by atoms with E-state index in [1.165, 1.54) is 7.11 Å². The summed E-state index contributed by atoms with van der Waals surface area (Å²) < 4.78 is 4.62. The number of aryl methyl sites for hydroxylation is 1. The Morgan fingerprint density at radius 3 is 2.67 bits per heavy atom. The number of ether oxygens (including phenoxy) is 1. The molecule has 0 unspecified atom stereocenters. The molecule has 0 bridgehead atoms. The summed E-state index contributed by atoms with van der Waals surface area (Å²) in [5.74, 6) is -0.376. The van der Waals surface area contributed by atoms with E-state index in [2.05, 4.69) is 9.73 Å². The Labute approximate surface area is 93.7 Å². The normalized spacial score (nSPS) is 11.3. The third-order valence-electron chi connectivity index (χ3n) is 1.90. The van der Waals surface area contributed by atoms with E-state index in [1.54, 1.807) is 19.1 Å². The van der Waals surface area contributed by atoms with Crippen molar-refractivity contribution < 1.29 is 9.53 Å². The van der Waals surface area contributed by atoms with E-state index in [9.17, 15) is 4.79 Å². The molecule has 0 saturated carbocycles. The Hall–Kier alpha value is -1.35. The van der Waals surface area contributed by atoms with E-state index < -0.39 is 0 Å². The summed E-state index contributed by atoms with van der Waals surface area (Å²) in [5.41, 5.74) is 2.12. The van der Waals surface area contributed by atoms with Gasteiger partial charge in [0.25, 0.3) is 0 Å². The van der Waals surface area contributed by atoms with Crippen LogP contribution in [0.2, 0.25) is 0 Å². The molecule has 0 spiro atoms. The van der Waals surface area contributed by atoms with E-state index in [0.717, 1.165) is 5.56 Å². The summed E-state index contributed by atoms with van der Waals surface area (Å²) in [6.45, 7) is 3.59. The molecule has 0 atom stereocenters. The molecule has 0 amide bonds. The van der Waals surface area contributed by atoms with Crippen LogP contribution in [0.25, 0.3) is 0 Å². The maximum atomic E-state index is 11.3. The average molecular weight is 226 g/mol. The number of methoxy groups -OCH3 is 1. The summed E-state index contributed by atoms with van der Waals surface area (Å²) in [4.78, 5) is 15.4. The molecular formula is C11H12ClNO2. The van der Waals surface area contributed by atoms with Crippen molar-refractivity contribution in [1.29, 1.82) is 0 Å². The number of hydrogen-bond acceptors (Lipinski definition) is 3. The molecule has 0 radical (unpaired) electrons. The van der Waals surface area contributed by atoms with Crippen LogP contribution in [0.15, 0.2) is 23.2 Å². The molecule has 0 heterocycles. The lowest BCUT2D eigenvalue weighted by Crippen LogP contribution is -2.00. The number of aliphatic imine (C=N–C) groups is 1. The van der Waals surface area contributed by atoms with Gasteiger partial charge in [-0.3, -0.25) is 0 Å². The number of carbonyl (C=O) groups is 1. The molecule has 15 heavy (non-hydrogen) atoms. The predicted molar refractivity (Wildman–Crippen MR) is 61.1 cm³/mol. The minimum Gasteiger partial charge on any atom is -0.465 e. The molecule has 0 aliphatic heterocycles. The fraction of sp³-hybridized carbons (Fsp3) is 0.273. The van der Waals surface area contributed by atoms with Crippen LogP contribution in [0.1, 0.15) is 22.8 Å². The van der Waals surface area contributed by atoms with Crippen LogP contribution in [-0.4, -0.2) is 18.2 Å². The minimum absolute atomic E-state index is 0.376. The van der Waals surface area contributed by atoms with Gasteiger partial charge in [0.05, 0.1) is 18.4 Å². The molecule has 1 aromatic rings. The third kappa shape index (κ3) is 3.06. The summed E-state index contributed by atoms with van der Waals surface area (Å²) in [5, 5.41) is 0.431. The number of rotatable bonds is 2. The van der Waals surface area contributed by atoms with Crippen LogP contribution in [0, 0.1) is 6.92 Å². The van der Waals surface area contributed by atoms with Gasteiger partial charge in [0.1, 0.15) is 5.17 Å². The average Bonchev–Trinajstić information content (AvgIpc) is 2.19. The van der Waals surface area contributed by atoms with Gasteiger partial charge in [-0.2, -0.15) is 0 Å². The number of benzene rings is 1. The van der Waals surface area contributed by atoms with Crippen LogP contribution in [0.5, 0.6) is 0 Å². The Balaban J connectivity index is 3.16. The van der Waals surface area contributed by atoms with Gasteiger partial charge in [0, 0.05) is 0 Å². The summed E-state index contributed by atoms with van der Waals surface area (Å²) in [6, 6.07) is 5.17. The molecule has 1 aromatic carbocycles. The van der Waals surface area contributed by atoms with Crippen LogP contribution in [-0.2, 0) is 4.74 Å². The van der Waals surface area contributed by atoms with E-state index in [1.807, 2.05) is 13.0 Å². The first-order chi connectivity index (χ1) is 7.04. The van der Waals surface area contributed by atoms with Crippen LogP contribution in [0.3, 0.4) is 0 Å². The highest BCUT2D eigenvalue weighted by Gasteiger charge is 2.07. The van der Waals surface area contributed by atoms with Gasteiger partial charge < -0.3 is 4.74 Å². The highest BCUT2D eigenvalue weighted by molar-refractivity contribution is 6.65. The van der Waals surface area contributed by atoms with E-state index in [-0.39, 0.29) is 5.97 Å². The second-order valence-corrected chi connectivity index (χ2v) is 3.65. The molecule has 0 aliphatic carbocycles. The molecule has 0 aliphatic rings. The Morgan fingerprint density at radius 1 is 1.47 bits per heavy atom. The van der Waals surface area contributed by atoms with Crippen molar-refractivity contribution in [3.05, 3.63) is 29.3 Å². The largest absolute Gasteiger partial charge is 0.465 e. The first-order valence-electron chi connectivity index (χ1n) is 4.44. The fourth-order valence-corrected chi connectivity index (χ4v) is 1.23. The first-order valence-corrected chi connectivity index (χ1v) is 4.82.